The fourth-order valence-electron chi connectivity index (χ4n) is 3.10. The van der Waals surface area contributed by atoms with E-state index in [9.17, 15) is 18.8 Å². The van der Waals surface area contributed by atoms with Crippen LogP contribution in [0, 0.1) is 0 Å². The normalized spacial score (nSPS) is 18.1. The minimum Gasteiger partial charge on any atom is -0.466 e. The summed E-state index contributed by atoms with van der Waals surface area (Å²) in [6, 6.07) is 6.88. The molecule has 0 saturated carbocycles. The van der Waals surface area contributed by atoms with Crippen LogP contribution >= 0.6 is 11.6 Å². The van der Waals surface area contributed by atoms with Gasteiger partial charge in [0, 0.05) is 35.3 Å². The van der Waals surface area contributed by atoms with E-state index >= 15 is 0 Å². The number of nitrogens with one attached hydrogen (secondary N) is 2. The second kappa shape index (κ2) is 7.59. The van der Waals surface area contributed by atoms with Gasteiger partial charge in [0.2, 0.25) is 5.43 Å². The number of fused-ring (bicyclic) bond motifs is 1. The number of amides is 1. The summed E-state index contributed by atoms with van der Waals surface area (Å²) in [6.07, 6.45) is 2.23. The molecular formula is C20H18ClFN2O4. The molecule has 8 heteroatoms. The average Bonchev–Trinajstić information content (AvgIpc) is 2.66. The van der Waals surface area contributed by atoms with Crippen LogP contribution < -0.4 is 10.7 Å². The van der Waals surface area contributed by atoms with E-state index in [2.05, 4.69) is 15.0 Å². The molecule has 1 aromatic carbocycles. The van der Waals surface area contributed by atoms with E-state index in [4.69, 9.17) is 11.6 Å². The van der Waals surface area contributed by atoms with Crippen LogP contribution in [0.5, 0.6) is 0 Å². The maximum Gasteiger partial charge on any atom is 0.333 e. The molecule has 0 radical (unpaired) electrons. The Morgan fingerprint density at radius 2 is 2.00 bits per heavy atom. The molecule has 0 bridgehead atoms. The number of ether oxygens (including phenoxy) is 1. The van der Waals surface area contributed by atoms with Crippen molar-refractivity contribution in [1.82, 2.24) is 10.3 Å². The number of methoxy groups -OCH3 is 1. The first kappa shape index (κ1) is 19.8. The first-order chi connectivity index (χ1) is 13.2. The summed E-state index contributed by atoms with van der Waals surface area (Å²) in [5, 5.41) is 3.21. The van der Waals surface area contributed by atoms with Crippen molar-refractivity contribution in [2.24, 2.45) is 0 Å². The Morgan fingerprint density at radius 1 is 1.32 bits per heavy atom. The Kier molecular flexibility index (Phi) is 5.38. The van der Waals surface area contributed by atoms with Crippen LogP contribution in [0.3, 0.4) is 0 Å². The van der Waals surface area contributed by atoms with Gasteiger partial charge in [-0.3, -0.25) is 9.59 Å². The molecule has 1 unspecified atom stereocenters. The largest absolute Gasteiger partial charge is 0.466 e. The number of hydrogen-bond acceptors (Lipinski definition) is 4. The van der Waals surface area contributed by atoms with E-state index in [-0.39, 0.29) is 35.4 Å². The summed E-state index contributed by atoms with van der Waals surface area (Å²) >= 11 is 5.82. The molecule has 3 rings (SSSR count). The van der Waals surface area contributed by atoms with Crippen LogP contribution in [0.25, 0.3) is 6.08 Å². The first-order valence-corrected chi connectivity index (χ1v) is 8.87. The third kappa shape index (κ3) is 3.84. The lowest BCUT2D eigenvalue weighted by Gasteiger charge is -2.27. The second-order valence-electron chi connectivity index (χ2n) is 6.66. The number of aromatic nitrogens is 1. The standard InChI is InChI=1S/C20H18ClFN2O4/c1-20(22)8-12(19(27)28-2)7-14-16(25)15(10-23-17(14)20)18(26)24-9-11-3-5-13(21)6-4-11/h3-7,10H,8-9H2,1-2H3,(H,23,25)(H,24,26). The topological polar surface area (TPSA) is 88.3 Å². The highest BCUT2D eigenvalue weighted by Gasteiger charge is 2.38. The van der Waals surface area contributed by atoms with Gasteiger partial charge in [-0.2, -0.15) is 0 Å². The van der Waals surface area contributed by atoms with Gasteiger partial charge in [-0.1, -0.05) is 23.7 Å². The molecule has 1 atom stereocenters. The summed E-state index contributed by atoms with van der Waals surface area (Å²) in [6.45, 7) is 1.45. The highest BCUT2D eigenvalue weighted by Crippen LogP contribution is 2.38. The van der Waals surface area contributed by atoms with Crippen LogP contribution in [0.2, 0.25) is 5.02 Å². The highest BCUT2D eigenvalue weighted by atomic mass is 35.5. The zero-order chi connectivity index (χ0) is 20.5. The molecular weight excluding hydrogens is 387 g/mol. The van der Waals surface area contributed by atoms with Gasteiger partial charge in [0.15, 0.2) is 5.67 Å². The Hall–Kier alpha value is -2.93. The molecule has 1 amide bonds. The molecule has 1 heterocycles. The van der Waals surface area contributed by atoms with E-state index in [1.165, 1.54) is 26.3 Å². The third-order valence-electron chi connectivity index (χ3n) is 4.54. The van der Waals surface area contributed by atoms with Crippen LogP contribution in [0.15, 0.2) is 40.8 Å². The number of pyridine rings is 1. The van der Waals surface area contributed by atoms with Gasteiger partial charge >= 0.3 is 5.97 Å². The van der Waals surface area contributed by atoms with Crippen molar-refractivity contribution in [1.29, 1.82) is 0 Å². The number of H-pyrrole nitrogens is 1. The number of aromatic amines is 1. The van der Waals surface area contributed by atoms with Gasteiger partial charge in [0.05, 0.1) is 12.8 Å². The minimum absolute atomic E-state index is 0.0272. The van der Waals surface area contributed by atoms with E-state index in [1.54, 1.807) is 24.3 Å². The molecule has 0 saturated heterocycles. The van der Waals surface area contributed by atoms with Crippen LogP contribution in [-0.2, 0) is 21.7 Å². The quantitative estimate of drug-likeness (QED) is 0.766. The summed E-state index contributed by atoms with van der Waals surface area (Å²) in [4.78, 5) is 39.8. The zero-order valence-corrected chi connectivity index (χ0v) is 16.0. The zero-order valence-electron chi connectivity index (χ0n) is 15.3. The maximum atomic E-state index is 15.0. The van der Waals surface area contributed by atoms with Crippen molar-refractivity contribution >= 4 is 29.6 Å². The number of halogens is 2. The van der Waals surface area contributed by atoms with E-state index in [1.807, 2.05) is 0 Å². The predicted molar refractivity (Wildman–Crippen MR) is 103 cm³/mol. The van der Waals surface area contributed by atoms with Crippen LogP contribution in [0.4, 0.5) is 4.39 Å². The number of carbonyl (C=O) groups is 2. The lowest BCUT2D eigenvalue weighted by molar-refractivity contribution is -0.136. The van der Waals surface area contributed by atoms with Crippen molar-refractivity contribution in [2.75, 3.05) is 7.11 Å². The van der Waals surface area contributed by atoms with Gasteiger partial charge in [-0.05, 0) is 30.7 Å². The minimum atomic E-state index is -1.97. The molecule has 1 aliphatic rings. The number of carbonyl (C=O) groups excluding carboxylic acids is 2. The summed E-state index contributed by atoms with van der Waals surface area (Å²) in [5.74, 6) is -1.33. The van der Waals surface area contributed by atoms with Gasteiger partial charge in [0.25, 0.3) is 5.91 Å². The third-order valence-corrected chi connectivity index (χ3v) is 4.79. The number of rotatable bonds is 4. The van der Waals surface area contributed by atoms with Gasteiger partial charge in [0.1, 0.15) is 5.56 Å². The Labute approximate surface area is 165 Å². The molecule has 1 aromatic heterocycles. The van der Waals surface area contributed by atoms with E-state index < -0.39 is 23.0 Å². The molecule has 0 spiro atoms. The second-order valence-corrected chi connectivity index (χ2v) is 7.10. The van der Waals surface area contributed by atoms with Crippen molar-refractivity contribution < 1.29 is 18.7 Å². The fraction of sp³-hybridized carbons (Fsp3) is 0.250. The molecule has 0 fully saturated rings. The lowest BCUT2D eigenvalue weighted by atomic mass is 9.84. The van der Waals surface area contributed by atoms with Gasteiger partial charge < -0.3 is 15.0 Å². The number of alkyl halides is 1. The molecule has 2 N–H and O–H groups in total. The number of esters is 1. The van der Waals surface area contributed by atoms with Crippen molar-refractivity contribution in [2.45, 2.75) is 25.6 Å². The summed E-state index contributed by atoms with van der Waals surface area (Å²) in [7, 11) is 1.18. The van der Waals surface area contributed by atoms with E-state index in [0.29, 0.717) is 5.02 Å². The van der Waals surface area contributed by atoms with Crippen LogP contribution in [-0.4, -0.2) is 24.0 Å². The monoisotopic (exact) mass is 404 g/mol. The van der Waals surface area contributed by atoms with E-state index in [0.717, 1.165) is 5.56 Å². The number of benzene rings is 1. The SMILES string of the molecule is COC(=O)C1=Cc2c([nH]cc(C(=O)NCc3ccc(Cl)cc3)c2=O)C(C)(F)C1. The predicted octanol–water partition coefficient (Wildman–Crippen LogP) is 3.10. The van der Waals surface area contributed by atoms with Crippen molar-refractivity contribution in [3.8, 4) is 0 Å². The maximum absolute atomic E-state index is 15.0. The first-order valence-electron chi connectivity index (χ1n) is 8.49. The molecule has 28 heavy (non-hydrogen) atoms. The number of hydrogen-bond donors (Lipinski definition) is 2. The van der Waals surface area contributed by atoms with Gasteiger partial charge in [-0.15, -0.1) is 0 Å². The molecule has 146 valence electrons. The highest BCUT2D eigenvalue weighted by molar-refractivity contribution is 6.30. The molecule has 0 aliphatic heterocycles. The summed E-state index contributed by atoms with van der Waals surface area (Å²) in [5.41, 5.74) is -2.00. The molecule has 6 nitrogen and oxygen atoms in total. The lowest BCUT2D eigenvalue weighted by Crippen LogP contribution is -2.34. The van der Waals surface area contributed by atoms with Crippen LogP contribution in [0.1, 0.15) is 40.5 Å². The van der Waals surface area contributed by atoms with Gasteiger partial charge in [-0.25, -0.2) is 9.18 Å². The average molecular weight is 405 g/mol. The van der Waals surface area contributed by atoms with Crippen molar-refractivity contribution in [3.63, 3.8) is 0 Å². The molecule has 2 aromatic rings. The molecule has 1 aliphatic carbocycles. The Bertz CT molecular complexity index is 1030. The summed E-state index contributed by atoms with van der Waals surface area (Å²) < 4.78 is 19.6. The Balaban J connectivity index is 1.91. The smallest absolute Gasteiger partial charge is 0.333 e. The fourth-order valence-corrected chi connectivity index (χ4v) is 3.22. The van der Waals surface area contributed by atoms with Crippen molar-refractivity contribution in [3.05, 3.63) is 73.7 Å². The Morgan fingerprint density at radius 3 is 2.64 bits per heavy atom.